The third kappa shape index (κ3) is 4.91. The highest BCUT2D eigenvalue weighted by molar-refractivity contribution is 9.10. The van der Waals surface area contributed by atoms with Crippen molar-refractivity contribution in [3.8, 4) is 11.5 Å². The standard InChI is InChI=1S/C21H19BrCl2N2O4/c1-3-6-26-20(27)17(25-21(26)28)8-13-9-18(29-2)19(10-14(13)22)30-11-12-4-5-15(23)16(24)7-12/h4-5,7-10H,3,6,11H2,1-2H3,(H,25,28)/b17-8+. The Hall–Kier alpha value is -2.22. The van der Waals surface area contributed by atoms with Crippen LogP contribution in [0.3, 0.4) is 0 Å². The minimum absolute atomic E-state index is 0.209. The lowest BCUT2D eigenvalue weighted by molar-refractivity contribution is -0.122. The van der Waals surface area contributed by atoms with Gasteiger partial charge in [-0.25, -0.2) is 4.79 Å². The quantitative estimate of drug-likeness (QED) is 0.384. The maximum Gasteiger partial charge on any atom is 0.329 e. The Morgan fingerprint density at radius 1 is 1.13 bits per heavy atom. The van der Waals surface area contributed by atoms with E-state index in [4.69, 9.17) is 32.7 Å². The van der Waals surface area contributed by atoms with Gasteiger partial charge in [-0.3, -0.25) is 9.69 Å². The van der Waals surface area contributed by atoms with Crippen molar-refractivity contribution >= 4 is 57.1 Å². The van der Waals surface area contributed by atoms with Crippen LogP contribution >= 0.6 is 39.1 Å². The molecular formula is C21H19BrCl2N2O4. The zero-order valence-corrected chi connectivity index (χ0v) is 19.4. The first-order chi connectivity index (χ1) is 14.3. The number of methoxy groups -OCH3 is 1. The number of imide groups is 1. The van der Waals surface area contributed by atoms with E-state index in [1.54, 1.807) is 30.3 Å². The lowest BCUT2D eigenvalue weighted by atomic mass is 10.1. The van der Waals surface area contributed by atoms with Crippen molar-refractivity contribution in [3.63, 3.8) is 0 Å². The summed E-state index contributed by atoms with van der Waals surface area (Å²) in [5.41, 5.74) is 1.72. The van der Waals surface area contributed by atoms with Gasteiger partial charge in [-0.15, -0.1) is 0 Å². The van der Waals surface area contributed by atoms with Crippen molar-refractivity contribution in [1.82, 2.24) is 10.2 Å². The molecule has 158 valence electrons. The predicted octanol–water partition coefficient (Wildman–Crippen LogP) is 5.65. The van der Waals surface area contributed by atoms with Crippen LogP contribution in [0.15, 0.2) is 40.5 Å². The summed E-state index contributed by atoms with van der Waals surface area (Å²) in [6.45, 7) is 2.54. The van der Waals surface area contributed by atoms with Gasteiger partial charge in [-0.2, -0.15) is 0 Å². The van der Waals surface area contributed by atoms with Gasteiger partial charge in [-0.05, 0) is 47.9 Å². The highest BCUT2D eigenvalue weighted by Crippen LogP contribution is 2.35. The molecule has 0 aliphatic carbocycles. The molecule has 0 spiro atoms. The van der Waals surface area contributed by atoms with E-state index in [0.717, 1.165) is 5.56 Å². The largest absolute Gasteiger partial charge is 0.493 e. The lowest BCUT2D eigenvalue weighted by Crippen LogP contribution is -2.31. The Morgan fingerprint density at radius 3 is 2.57 bits per heavy atom. The molecule has 0 bridgehead atoms. The van der Waals surface area contributed by atoms with Gasteiger partial charge in [0.2, 0.25) is 0 Å². The second-order valence-electron chi connectivity index (χ2n) is 6.51. The fraction of sp³-hybridized carbons (Fsp3) is 0.238. The van der Waals surface area contributed by atoms with E-state index in [-0.39, 0.29) is 18.2 Å². The zero-order valence-electron chi connectivity index (χ0n) is 16.3. The topological polar surface area (TPSA) is 67.9 Å². The summed E-state index contributed by atoms with van der Waals surface area (Å²) in [5, 5.41) is 3.53. The summed E-state index contributed by atoms with van der Waals surface area (Å²) < 4.78 is 12.0. The Bertz CT molecular complexity index is 1030. The molecule has 1 aliphatic heterocycles. The first-order valence-electron chi connectivity index (χ1n) is 9.12. The summed E-state index contributed by atoms with van der Waals surface area (Å²) in [6.07, 6.45) is 2.29. The fourth-order valence-corrected chi connectivity index (χ4v) is 3.64. The molecule has 0 aromatic heterocycles. The van der Waals surface area contributed by atoms with Gasteiger partial charge >= 0.3 is 6.03 Å². The Balaban J connectivity index is 1.82. The number of hydrogen-bond donors (Lipinski definition) is 1. The number of urea groups is 1. The van der Waals surface area contributed by atoms with Crippen molar-refractivity contribution in [1.29, 1.82) is 0 Å². The molecule has 3 amide bonds. The molecule has 0 radical (unpaired) electrons. The highest BCUT2D eigenvalue weighted by atomic mass is 79.9. The van der Waals surface area contributed by atoms with Crippen LogP contribution in [0.4, 0.5) is 4.79 Å². The number of ether oxygens (including phenoxy) is 2. The molecular weight excluding hydrogens is 495 g/mol. The van der Waals surface area contributed by atoms with Gasteiger partial charge < -0.3 is 14.8 Å². The molecule has 9 heteroatoms. The normalized spacial score (nSPS) is 15.0. The van der Waals surface area contributed by atoms with Gasteiger partial charge in [-0.1, -0.05) is 52.1 Å². The average molecular weight is 514 g/mol. The summed E-state index contributed by atoms with van der Waals surface area (Å²) >= 11 is 15.5. The van der Waals surface area contributed by atoms with E-state index in [1.807, 2.05) is 13.0 Å². The first kappa shape index (κ1) is 22.5. The molecule has 0 atom stereocenters. The van der Waals surface area contributed by atoms with Crippen LogP contribution < -0.4 is 14.8 Å². The monoisotopic (exact) mass is 512 g/mol. The summed E-state index contributed by atoms with van der Waals surface area (Å²) in [6, 6.07) is 8.32. The zero-order chi connectivity index (χ0) is 21.8. The van der Waals surface area contributed by atoms with Crippen LogP contribution in [0.2, 0.25) is 10.0 Å². The van der Waals surface area contributed by atoms with E-state index in [0.29, 0.717) is 44.5 Å². The molecule has 0 unspecified atom stereocenters. The molecule has 1 heterocycles. The third-order valence-corrected chi connectivity index (χ3v) is 5.80. The van der Waals surface area contributed by atoms with Crippen LogP contribution in [-0.2, 0) is 11.4 Å². The average Bonchev–Trinajstić information content (AvgIpc) is 2.98. The number of nitrogens with zero attached hydrogens (tertiary/aromatic N) is 1. The molecule has 30 heavy (non-hydrogen) atoms. The van der Waals surface area contributed by atoms with Gasteiger partial charge in [0.15, 0.2) is 11.5 Å². The minimum Gasteiger partial charge on any atom is -0.493 e. The number of carbonyl (C=O) groups excluding carboxylic acids is 2. The molecule has 2 aromatic rings. The van der Waals surface area contributed by atoms with Crippen LogP contribution in [0.5, 0.6) is 11.5 Å². The number of hydrogen-bond acceptors (Lipinski definition) is 4. The van der Waals surface area contributed by atoms with E-state index in [2.05, 4.69) is 21.2 Å². The van der Waals surface area contributed by atoms with Gasteiger partial charge in [0.25, 0.3) is 5.91 Å². The van der Waals surface area contributed by atoms with Crippen LogP contribution in [0.25, 0.3) is 6.08 Å². The van der Waals surface area contributed by atoms with E-state index < -0.39 is 6.03 Å². The van der Waals surface area contributed by atoms with E-state index >= 15 is 0 Å². The Labute approximate surface area is 192 Å². The van der Waals surface area contributed by atoms with Crippen molar-refractivity contribution in [2.75, 3.05) is 13.7 Å². The van der Waals surface area contributed by atoms with Crippen molar-refractivity contribution in [2.24, 2.45) is 0 Å². The number of rotatable bonds is 7. The third-order valence-electron chi connectivity index (χ3n) is 4.37. The Morgan fingerprint density at radius 2 is 1.90 bits per heavy atom. The lowest BCUT2D eigenvalue weighted by Gasteiger charge is -2.13. The number of halogens is 3. The minimum atomic E-state index is -0.419. The number of benzene rings is 2. The van der Waals surface area contributed by atoms with Crippen LogP contribution in [0, 0.1) is 0 Å². The van der Waals surface area contributed by atoms with Gasteiger partial charge in [0.1, 0.15) is 12.3 Å². The smallest absolute Gasteiger partial charge is 0.329 e. The van der Waals surface area contributed by atoms with Crippen LogP contribution in [-0.4, -0.2) is 30.5 Å². The molecule has 3 rings (SSSR count). The molecule has 1 saturated heterocycles. The maximum atomic E-state index is 12.4. The second kappa shape index (κ2) is 9.73. The van der Waals surface area contributed by atoms with E-state index in [1.165, 1.54) is 12.0 Å². The molecule has 0 saturated carbocycles. The Kier molecular flexibility index (Phi) is 7.28. The SMILES string of the molecule is CCCN1C(=O)N/C(=C/c2cc(OC)c(OCc3ccc(Cl)c(Cl)c3)cc2Br)C1=O. The predicted molar refractivity (Wildman–Crippen MR) is 120 cm³/mol. The van der Waals surface area contributed by atoms with Crippen molar-refractivity contribution < 1.29 is 19.1 Å². The summed E-state index contributed by atoms with van der Waals surface area (Å²) in [4.78, 5) is 25.6. The number of nitrogens with one attached hydrogen (secondary N) is 1. The highest BCUT2D eigenvalue weighted by Gasteiger charge is 2.32. The van der Waals surface area contributed by atoms with Crippen LogP contribution in [0.1, 0.15) is 24.5 Å². The molecule has 2 aromatic carbocycles. The fourth-order valence-electron chi connectivity index (χ4n) is 2.88. The molecule has 6 nitrogen and oxygen atoms in total. The maximum absolute atomic E-state index is 12.4. The molecule has 1 aliphatic rings. The first-order valence-corrected chi connectivity index (χ1v) is 10.7. The van der Waals surface area contributed by atoms with Gasteiger partial charge in [0.05, 0.1) is 17.2 Å². The van der Waals surface area contributed by atoms with E-state index in [9.17, 15) is 9.59 Å². The van der Waals surface area contributed by atoms with Gasteiger partial charge in [0, 0.05) is 11.0 Å². The van der Waals surface area contributed by atoms with Crippen molar-refractivity contribution in [2.45, 2.75) is 20.0 Å². The number of amides is 3. The molecule has 1 N–H and O–H groups in total. The number of carbonyl (C=O) groups is 2. The van der Waals surface area contributed by atoms with Crippen molar-refractivity contribution in [3.05, 3.63) is 61.7 Å². The second-order valence-corrected chi connectivity index (χ2v) is 8.18. The summed E-state index contributed by atoms with van der Waals surface area (Å²) in [5.74, 6) is 0.631. The molecule has 1 fully saturated rings. The summed E-state index contributed by atoms with van der Waals surface area (Å²) in [7, 11) is 1.53.